The first-order valence-electron chi connectivity index (χ1n) is 7.30. The molecule has 0 aliphatic carbocycles. The van der Waals surface area contributed by atoms with Gasteiger partial charge in [-0.15, -0.1) is 0 Å². The maximum absolute atomic E-state index is 11.9. The molecule has 10 nitrogen and oxygen atoms in total. The SMILES string of the molecule is COC(=O)NC(CC(C)C)c1nc(-c2cn(C)c(=O)[nH]c2=O)no1. The fourth-order valence-corrected chi connectivity index (χ4v) is 2.10. The first kappa shape index (κ1) is 17.4. The molecule has 0 spiro atoms. The van der Waals surface area contributed by atoms with Crippen LogP contribution in [-0.2, 0) is 11.8 Å². The predicted molar refractivity (Wildman–Crippen MR) is 83.3 cm³/mol. The number of alkyl carbamates (subject to hydrolysis) is 1. The lowest BCUT2D eigenvalue weighted by atomic mass is 10.0. The molecule has 2 rings (SSSR count). The van der Waals surface area contributed by atoms with Gasteiger partial charge in [0.15, 0.2) is 0 Å². The van der Waals surface area contributed by atoms with Crippen LogP contribution >= 0.6 is 0 Å². The molecule has 130 valence electrons. The Morgan fingerprint density at radius 1 is 1.46 bits per heavy atom. The van der Waals surface area contributed by atoms with E-state index in [0.717, 1.165) is 0 Å². The van der Waals surface area contributed by atoms with Crippen molar-refractivity contribution in [1.82, 2.24) is 25.0 Å². The summed E-state index contributed by atoms with van der Waals surface area (Å²) in [6.07, 6.45) is 1.24. The summed E-state index contributed by atoms with van der Waals surface area (Å²) in [6.45, 7) is 3.95. The number of ether oxygens (including phenoxy) is 1. The van der Waals surface area contributed by atoms with E-state index in [1.165, 1.54) is 24.9 Å². The standard InChI is InChI=1S/C14H19N5O5/c1-7(2)5-9(15-14(22)23-4)12-16-10(18-24-12)8-6-19(3)13(21)17-11(8)20/h6-7,9H,5H2,1-4H3,(H,15,22)(H,17,20,21). The Labute approximate surface area is 136 Å². The summed E-state index contributed by atoms with van der Waals surface area (Å²) < 4.78 is 11.0. The number of nitrogens with one attached hydrogen (secondary N) is 2. The predicted octanol–water partition coefficient (Wildman–Crippen LogP) is 0.567. The van der Waals surface area contributed by atoms with Gasteiger partial charge in [0.2, 0.25) is 11.7 Å². The van der Waals surface area contributed by atoms with Crippen molar-refractivity contribution in [1.29, 1.82) is 0 Å². The minimum Gasteiger partial charge on any atom is -0.453 e. The van der Waals surface area contributed by atoms with Gasteiger partial charge in [-0.1, -0.05) is 19.0 Å². The van der Waals surface area contributed by atoms with Crippen molar-refractivity contribution in [3.63, 3.8) is 0 Å². The molecule has 0 aromatic carbocycles. The Hall–Kier alpha value is -2.91. The number of hydrogen-bond acceptors (Lipinski definition) is 7. The van der Waals surface area contributed by atoms with Crippen LogP contribution in [0.25, 0.3) is 11.4 Å². The number of nitrogens with zero attached hydrogens (tertiary/aromatic N) is 3. The molecule has 1 atom stereocenters. The highest BCUT2D eigenvalue weighted by Gasteiger charge is 2.24. The van der Waals surface area contributed by atoms with Crippen LogP contribution in [0.5, 0.6) is 0 Å². The summed E-state index contributed by atoms with van der Waals surface area (Å²) in [5, 5.41) is 6.38. The second-order valence-corrected chi connectivity index (χ2v) is 5.69. The number of amides is 1. The maximum Gasteiger partial charge on any atom is 0.407 e. The van der Waals surface area contributed by atoms with Crippen LogP contribution in [0.4, 0.5) is 4.79 Å². The van der Waals surface area contributed by atoms with Gasteiger partial charge >= 0.3 is 11.8 Å². The quantitative estimate of drug-likeness (QED) is 0.815. The number of aromatic amines is 1. The largest absolute Gasteiger partial charge is 0.453 e. The number of H-pyrrole nitrogens is 1. The van der Waals surface area contributed by atoms with E-state index in [-0.39, 0.29) is 23.2 Å². The fraction of sp³-hybridized carbons (Fsp3) is 0.500. The molecule has 0 fully saturated rings. The van der Waals surface area contributed by atoms with E-state index in [4.69, 9.17) is 4.52 Å². The van der Waals surface area contributed by atoms with E-state index in [9.17, 15) is 14.4 Å². The van der Waals surface area contributed by atoms with E-state index in [1.807, 2.05) is 13.8 Å². The first-order chi connectivity index (χ1) is 11.3. The maximum atomic E-state index is 11.9. The summed E-state index contributed by atoms with van der Waals surface area (Å²) in [6, 6.07) is -0.551. The third kappa shape index (κ3) is 3.89. The van der Waals surface area contributed by atoms with Gasteiger partial charge in [0.25, 0.3) is 5.56 Å². The van der Waals surface area contributed by atoms with Gasteiger partial charge < -0.3 is 19.1 Å². The molecule has 24 heavy (non-hydrogen) atoms. The van der Waals surface area contributed by atoms with Crippen molar-refractivity contribution in [3.8, 4) is 11.4 Å². The molecule has 0 aliphatic heterocycles. The normalized spacial score (nSPS) is 12.2. The Morgan fingerprint density at radius 3 is 2.79 bits per heavy atom. The van der Waals surface area contributed by atoms with E-state index >= 15 is 0 Å². The van der Waals surface area contributed by atoms with Crippen molar-refractivity contribution in [2.45, 2.75) is 26.3 Å². The molecule has 2 aromatic heterocycles. The first-order valence-corrected chi connectivity index (χ1v) is 7.30. The topological polar surface area (TPSA) is 132 Å². The lowest BCUT2D eigenvalue weighted by Crippen LogP contribution is -2.30. The third-order valence-electron chi connectivity index (χ3n) is 3.27. The van der Waals surface area contributed by atoms with Crippen molar-refractivity contribution in [3.05, 3.63) is 32.9 Å². The van der Waals surface area contributed by atoms with Gasteiger partial charge in [-0.25, -0.2) is 9.59 Å². The lowest BCUT2D eigenvalue weighted by Gasteiger charge is -2.15. The molecule has 10 heteroatoms. The highest BCUT2D eigenvalue weighted by atomic mass is 16.5. The van der Waals surface area contributed by atoms with Crippen molar-refractivity contribution >= 4 is 6.09 Å². The van der Waals surface area contributed by atoms with E-state index in [1.54, 1.807) is 0 Å². The van der Waals surface area contributed by atoms with Gasteiger partial charge in [-0.2, -0.15) is 4.98 Å². The highest BCUT2D eigenvalue weighted by Crippen LogP contribution is 2.22. The molecule has 1 unspecified atom stereocenters. The third-order valence-corrected chi connectivity index (χ3v) is 3.27. The summed E-state index contributed by atoms with van der Waals surface area (Å²) in [4.78, 5) is 41.1. The minimum atomic E-state index is -0.625. The summed E-state index contributed by atoms with van der Waals surface area (Å²) in [5.41, 5.74) is -1.07. The smallest absolute Gasteiger partial charge is 0.407 e. The zero-order chi connectivity index (χ0) is 17.9. The molecular weight excluding hydrogens is 318 g/mol. The summed E-state index contributed by atoms with van der Waals surface area (Å²) in [5.74, 6) is 0.420. The van der Waals surface area contributed by atoms with E-state index in [0.29, 0.717) is 6.42 Å². The van der Waals surface area contributed by atoms with E-state index in [2.05, 4.69) is 25.2 Å². The van der Waals surface area contributed by atoms with Gasteiger partial charge in [-0.3, -0.25) is 9.78 Å². The van der Waals surface area contributed by atoms with E-state index < -0.39 is 23.4 Å². The van der Waals surface area contributed by atoms with Gasteiger partial charge in [0.05, 0.1) is 7.11 Å². The average molecular weight is 337 g/mol. The minimum absolute atomic E-state index is 0.0299. The Bertz CT molecular complexity index is 835. The number of hydrogen-bond donors (Lipinski definition) is 2. The van der Waals surface area contributed by atoms with Crippen LogP contribution in [0.15, 0.2) is 20.3 Å². The number of carbonyl (C=O) groups is 1. The van der Waals surface area contributed by atoms with Crippen LogP contribution in [-0.4, -0.2) is 32.9 Å². The second-order valence-electron chi connectivity index (χ2n) is 5.69. The average Bonchev–Trinajstić information content (AvgIpc) is 2.99. The van der Waals surface area contributed by atoms with Crippen LogP contribution < -0.4 is 16.6 Å². The highest BCUT2D eigenvalue weighted by molar-refractivity contribution is 5.67. The molecule has 0 saturated carbocycles. The molecule has 2 aromatic rings. The molecule has 2 heterocycles. The monoisotopic (exact) mass is 337 g/mol. The molecule has 0 radical (unpaired) electrons. The van der Waals surface area contributed by atoms with Crippen LogP contribution in [0.3, 0.4) is 0 Å². The lowest BCUT2D eigenvalue weighted by molar-refractivity contribution is 0.161. The molecule has 0 saturated heterocycles. The Balaban J connectivity index is 2.36. The summed E-state index contributed by atoms with van der Waals surface area (Å²) in [7, 11) is 2.74. The van der Waals surface area contributed by atoms with Crippen molar-refractivity contribution < 1.29 is 14.1 Å². The van der Waals surface area contributed by atoms with Gasteiger partial charge in [-0.05, 0) is 12.3 Å². The molecule has 1 amide bonds. The number of aromatic nitrogens is 4. The zero-order valence-electron chi connectivity index (χ0n) is 13.8. The molecule has 0 bridgehead atoms. The van der Waals surface area contributed by atoms with Gasteiger partial charge in [0.1, 0.15) is 11.6 Å². The van der Waals surface area contributed by atoms with Crippen LogP contribution in [0, 0.1) is 5.92 Å². The van der Waals surface area contributed by atoms with Gasteiger partial charge in [0, 0.05) is 13.2 Å². The Kier molecular flexibility index (Phi) is 5.17. The fourth-order valence-electron chi connectivity index (χ4n) is 2.10. The number of methoxy groups -OCH3 is 1. The van der Waals surface area contributed by atoms with Crippen LogP contribution in [0.2, 0.25) is 0 Å². The second kappa shape index (κ2) is 7.11. The van der Waals surface area contributed by atoms with Crippen molar-refractivity contribution in [2.24, 2.45) is 13.0 Å². The zero-order valence-corrected chi connectivity index (χ0v) is 13.8. The Morgan fingerprint density at radius 2 is 2.17 bits per heavy atom. The van der Waals surface area contributed by atoms with Crippen LogP contribution in [0.1, 0.15) is 32.2 Å². The molecular formula is C14H19N5O5. The summed E-state index contributed by atoms with van der Waals surface area (Å²) >= 11 is 0. The number of aryl methyl sites for hydroxylation is 1. The number of carbonyl (C=O) groups excluding carboxylic acids is 1. The molecule has 0 aliphatic rings. The number of rotatable bonds is 5. The molecule has 2 N–H and O–H groups in total. The van der Waals surface area contributed by atoms with Crippen molar-refractivity contribution in [2.75, 3.05) is 7.11 Å².